The molecule has 1 aromatic rings. The first-order valence-electron chi connectivity index (χ1n) is 12.2. The summed E-state index contributed by atoms with van der Waals surface area (Å²) in [6.07, 6.45) is 7.76. The van der Waals surface area contributed by atoms with Crippen LogP contribution in [0.2, 0.25) is 0 Å². The van der Waals surface area contributed by atoms with Gasteiger partial charge >= 0.3 is 0 Å². The molecule has 0 spiro atoms. The molecule has 4 saturated carbocycles. The molecular formula is C25H35FN2O3S. The van der Waals surface area contributed by atoms with Crippen LogP contribution < -0.4 is 0 Å². The second-order valence-electron chi connectivity index (χ2n) is 10.9. The van der Waals surface area contributed by atoms with Crippen LogP contribution >= 0.6 is 0 Å². The molecule has 1 atom stereocenters. The summed E-state index contributed by atoms with van der Waals surface area (Å²) in [4.78, 5) is 18.1. The molecule has 1 saturated heterocycles. The number of amides is 1. The third kappa shape index (κ3) is 4.35. The Morgan fingerprint density at radius 2 is 1.66 bits per heavy atom. The Balaban J connectivity index is 1.40. The fourth-order valence-corrected chi connectivity index (χ4v) is 9.27. The molecule has 1 aliphatic heterocycles. The van der Waals surface area contributed by atoms with E-state index in [2.05, 4.69) is 9.80 Å². The van der Waals surface area contributed by atoms with E-state index in [1.807, 2.05) is 6.92 Å². The summed E-state index contributed by atoms with van der Waals surface area (Å²) in [5.74, 6) is 2.36. The van der Waals surface area contributed by atoms with Crippen LogP contribution in [0, 0.1) is 23.6 Å². The molecule has 1 heterocycles. The second-order valence-corrected chi connectivity index (χ2v) is 13.1. The molecule has 1 amide bonds. The Morgan fingerprint density at radius 1 is 1.06 bits per heavy atom. The molecular weight excluding hydrogens is 427 g/mol. The van der Waals surface area contributed by atoms with Crippen LogP contribution in [0.4, 0.5) is 4.39 Å². The van der Waals surface area contributed by atoms with Gasteiger partial charge < -0.3 is 4.90 Å². The van der Waals surface area contributed by atoms with Gasteiger partial charge in [-0.25, -0.2) is 12.8 Å². The Kier molecular flexibility index (Phi) is 5.85. The van der Waals surface area contributed by atoms with E-state index >= 15 is 0 Å². The summed E-state index contributed by atoms with van der Waals surface area (Å²) in [6.45, 7) is 3.44. The Labute approximate surface area is 191 Å². The summed E-state index contributed by atoms with van der Waals surface area (Å²) in [5, 5.41) is 0. The molecule has 4 bridgehead atoms. The molecule has 1 unspecified atom stereocenters. The van der Waals surface area contributed by atoms with Crippen LogP contribution in [-0.2, 0) is 21.2 Å². The molecule has 5 fully saturated rings. The zero-order chi connectivity index (χ0) is 22.5. The van der Waals surface area contributed by atoms with E-state index in [1.165, 1.54) is 31.4 Å². The van der Waals surface area contributed by atoms with Crippen LogP contribution in [0.1, 0.15) is 57.4 Å². The van der Waals surface area contributed by atoms with Gasteiger partial charge in [-0.15, -0.1) is 0 Å². The zero-order valence-electron chi connectivity index (χ0n) is 19.0. The number of halogens is 1. The molecule has 1 aromatic carbocycles. The lowest BCUT2D eigenvalue weighted by Crippen LogP contribution is -2.62. The predicted octanol–water partition coefficient (Wildman–Crippen LogP) is 3.63. The highest BCUT2D eigenvalue weighted by atomic mass is 32.2. The van der Waals surface area contributed by atoms with Crippen LogP contribution in [0.15, 0.2) is 24.3 Å². The standard InChI is InChI=1S/C25H35FN2O3S/c1-2-27(23-7-8-32(30,31)17-23)16-24(29)28(15-18-3-5-22(26)6-4-18)25-12-19-9-20(13-25)11-21(10-19)14-25/h3-6,19-21,23H,2,7-17H2,1H3. The van der Waals surface area contributed by atoms with Crippen molar-refractivity contribution in [1.29, 1.82) is 0 Å². The molecule has 5 nitrogen and oxygen atoms in total. The first kappa shape index (κ1) is 22.3. The molecule has 176 valence electrons. The van der Waals surface area contributed by atoms with E-state index in [0.29, 0.717) is 37.3 Å². The summed E-state index contributed by atoms with van der Waals surface area (Å²) in [6, 6.07) is 6.45. The summed E-state index contributed by atoms with van der Waals surface area (Å²) < 4.78 is 37.6. The highest BCUT2D eigenvalue weighted by molar-refractivity contribution is 7.91. The third-order valence-corrected chi connectivity index (χ3v) is 10.4. The van der Waals surface area contributed by atoms with Crippen molar-refractivity contribution in [2.75, 3.05) is 24.6 Å². The molecule has 32 heavy (non-hydrogen) atoms. The topological polar surface area (TPSA) is 57.7 Å². The number of sulfone groups is 1. The summed E-state index contributed by atoms with van der Waals surface area (Å²) >= 11 is 0. The zero-order valence-corrected chi connectivity index (χ0v) is 19.8. The number of hydrogen-bond acceptors (Lipinski definition) is 4. The van der Waals surface area contributed by atoms with Crippen molar-refractivity contribution in [3.8, 4) is 0 Å². The minimum atomic E-state index is -3.00. The van der Waals surface area contributed by atoms with Gasteiger partial charge in [-0.05, 0) is 86.9 Å². The summed E-state index contributed by atoms with van der Waals surface area (Å²) in [5.41, 5.74) is 0.864. The van der Waals surface area contributed by atoms with E-state index in [1.54, 1.807) is 12.1 Å². The molecule has 0 radical (unpaired) electrons. The number of rotatable bonds is 7. The minimum Gasteiger partial charge on any atom is -0.332 e. The van der Waals surface area contributed by atoms with Crippen molar-refractivity contribution in [3.05, 3.63) is 35.6 Å². The predicted molar refractivity (Wildman–Crippen MR) is 122 cm³/mol. The van der Waals surface area contributed by atoms with Gasteiger partial charge in [-0.1, -0.05) is 19.1 Å². The van der Waals surface area contributed by atoms with E-state index in [4.69, 9.17) is 0 Å². The first-order chi connectivity index (χ1) is 15.2. The van der Waals surface area contributed by atoms with Crippen molar-refractivity contribution >= 4 is 15.7 Å². The van der Waals surface area contributed by atoms with Crippen molar-refractivity contribution in [3.63, 3.8) is 0 Å². The third-order valence-electron chi connectivity index (χ3n) is 8.60. The molecule has 4 aliphatic carbocycles. The lowest BCUT2D eigenvalue weighted by molar-refractivity contribution is -0.154. The van der Waals surface area contributed by atoms with Gasteiger partial charge in [0, 0.05) is 18.1 Å². The monoisotopic (exact) mass is 462 g/mol. The normalized spacial score (nSPS) is 34.8. The average Bonchev–Trinajstić information content (AvgIpc) is 3.09. The molecule has 6 rings (SSSR count). The van der Waals surface area contributed by atoms with Gasteiger partial charge in [-0.2, -0.15) is 0 Å². The minimum absolute atomic E-state index is 0.0713. The van der Waals surface area contributed by atoms with Gasteiger partial charge in [0.25, 0.3) is 0 Å². The van der Waals surface area contributed by atoms with Gasteiger partial charge in [0.05, 0.1) is 18.1 Å². The maximum atomic E-state index is 13.9. The van der Waals surface area contributed by atoms with Crippen LogP contribution in [0.5, 0.6) is 0 Å². The SMILES string of the molecule is CCN(CC(=O)N(Cc1ccc(F)cc1)C12CC3CC(CC(C3)C1)C2)C1CCS(=O)(=O)C1. The Hall–Kier alpha value is -1.47. The fraction of sp³-hybridized carbons (Fsp3) is 0.720. The summed E-state index contributed by atoms with van der Waals surface area (Å²) in [7, 11) is -3.00. The number of carbonyl (C=O) groups is 1. The number of nitrogens with zero attached hydrogens (tertiary/aromatic N) is 2. The van der Waals surface area contributed by atoms with Crippen molar-refractivity contribution < 1.29 is 17.6 Å². The van der Waals surface area contributed by atoms with E-state index < -0.39 is 9.84 Å². The highest BCUT2D eigenvalue weighted by Crippen LogP contribution is 2.58. The fourth-order valence-electron chi connectivity index (χ4n) is 7.51. The first-order valence-corrected chi connectivity index (χ1v) is 14.1. The number of likely N-dealkylation sites (N-methyl/N-ethyl adjacent to an activating group) is 1. The van der Waals surface area contributed by atoms with Crippen molar-refractivity contribution in [2.24, 2.45) is 17.8 Å². The number of carbonyl (C=O) groups excluding carboxylic acids is 1. The van der Waals surface area contributed by atoms with Crippen LogP contribution in [0.3, 0.4) is 0 Å². The highest BCUT2D eigenvalue weighted by Gasteiger charge is 2.54. The maximum Gasteiger partial charge on any atom is 0.237 e. The van der Waals surface area contributed by atoms with Crippen molar-refractivity contribution in [1.82, 2.24) is 9.80 Å². The molecule has 0 aromatic heterocycles. The van der Waals surface area contributed by atoms with Crippen LogP contribution in [0.25, 0.3) is 0 Å². The molecule has 7 heteroatoms. The largest absolute Gasteiger partial charge is 0.332 e. The van der Waals surface area contributed by atoms with Crippen LogP contribution in [-0.4, -0.2) is 60.3 Å². The van der Waals surface area contributed by atoms with E-state index in [0.717, 1.165) is 24.8 Å². The lowest BCUT2D eigenvalue weighted by Gasteiger charge is -2.60. The second kappa shape index (κ2) is 8.39. The average molecular weight is 463 g/mol. The molecule has 5 aliphatic rings. The maximum absolute atomic E-state index is 13.9. The van der Waals surface area contributed by atoms with E-state index in [9.17, 15) is 17.6 Å². The van der Waals surface area contributed by atoms with Gasteiger partial charge in [0.15, 0.2) is 9.84 Å². The number of hydrogen-bond donors (Lipinski definition) is 0. The Bertz CT molecular complexity index is 927. The van der Waals surface area contributed by atoms with Crippen molar-refractivity contribution in [2.45, 2.75) is 70.0 Å². The van der Waals surface area contributed by atoms with Gasteiger partial charge in [0.2, 0.25) is 5.91 Å². The smallest absolute Gasteiger partial charge is 0.237 e. The quantitative estimate of drug-likeness (QED) is 0.621. The lowest BCUT2D eigenvalue weighted by atomic mass is 9.52. The van der Waals surface area contributed by atoms with Gasteiger partial charge in [0.1, 0.15) is 5.82 Å². The van der Waals surface area contributed by atoms with Gasteiger partial charge in [-0.3, -0.25) is 9.69 Å². The van der Waals surface area contributed by atoms with E-state index in [-0.39, 0.29) is 41.4 Å². The number of benzene rings is 1. The molecule has 0 N–H and O–H groups in total. The Morgan fingerprint density at radius 3 is 2.16 bits per heavy atom.